The maximum absolute atomic E-state index is 11.2. The van der Waals surface area contributed by atoms with E-state index in [-0.39, 0.29) is 18.3 Å². The molecular weight excluding hydrogens is 374 g/mol. The van der Waals surface area contributed by atoms with Crippen LogP contribution in [-0.2, 0) is 4.79 Å². The largest absolute Gasteiger partial charge is 0.481 e. The first-order valence-corrected chi connectivity index (χ1v) is 10.1. The lowest BCUT2D eigenvalue weighted by Crippen LogP contribution is -2.39. The zero-order chi connectivity index (χ0) is 16.9. The summed E-state index contributed by atoms with van der Waals surface area (Å²) in [4.78, 5) is 16.1. The first kappa shape index (κ1) is 20.2. The Morgan fingerprint density at radius 3 is 2.84 bits per heavy atom. The van der Waals surface area contributed by atoms with Gasteiger partial charge >= 0.3 is 5.97 Å². The predicted molar refractivity (Wildman–Crippen MR) is 109 cm³/mol. The van der Waals surface area contributed by atoms with Crippen LogP contribution >= 0.6 is 35.1 Å². The molecule has 1 aliphatic heterocycles. The molecule has 2 aromatic heterocycles. The maximum atomic E-state index is 11.2. The van der Waals surface area contributed by atoms with Gasteiger partial charge in [-0.25, -0.2) is 0 Å². The Balaban J connectivity index is 0.00000225. The SMILES string of the molecule is Cc1ccsc1/C(=C/CCN1CCC[C@H](C(=O)O)C1)c1cccs1.Cl. The Bertz CT molecular complexity index is 709. The summed E-state index contributed by atoms with van der Waals surface area (Å²) < 4.78 is 0. The lowest BCUT2D eigenvalue weighted by atomic mass is 9.98. The molecule has 0 aliphatic carbocycles. The molecule has 0 radical (unpaired) electrons. The van der Waals surface area contributed by atoms with Gasteiger partial charge in [0.05, 0.1) is 5.92 Å². The molecule has 0 bridgehead atoms. The third-order valence-electron chi connectivity index (χ3n) is 4.54. The van der Waals surface area contributed by atoms with E-state index in [1.165, 1.54) is 20.9 Å². The van der Waals surface area contributed by atoms with Gasteiger partial charge in [0, 0.05) is 28.4 Å². The molecule has 3 heterocycles. The van der Waals surface area contributed by atoms with E-state index in [1.807, 2.05) is 0 Å². The zero-order valence-corrected chi connectivity index (χ0v) is 16.8. The first-order chi connectivity index (χ1) is 11.6. The number of carbonyl (C=O) groups is 1. The van der Waals surface area contributed by atoms with E-state index in [1.54, 1.807) is 22.7 Å². The molecule has 6 heteroatoms. The van der Waals surface area contributed by atoms with Crippen molar-refractivity contribution in [3.63, 3.8) is 0 Å². The Kier molecular flexibility index (Phi) is 7.69. The second kappa shape index (κ2) is 9.53. The van der Waals surface area contributed by atoms with Crippen LogP contribution in [0.3, 0.4) is 0 Å². The number of aryl methyl sites for hydroxylation is 1. The molecule has 3 rings (SSSR count). The summed E-state index contributed by atoms with van der Waals surface area (Å²) in [7, 11) is 0. The Hall–Kier alpha value is -1.14. The second-order valence-electron chi connectivity index (χ2n) is 6.29. The number of rotatable bonds is 6. The van der Waals surface area contributed by atoms with Gasteiger partial charge in [0.2, 0.25) is 0 Å². The number of carboxylic acids is 1. The minimum absolute atomic E-state index is 0. The van der Waals surface area contributed by atoms with Crippen molar-refractivity contribution in [3.05, 3.63) is 50.4 Å². The van der Waals surface area contributed by atoms with Gasteiger partial charge in [-0.05, 0) is 61.2 Å². The molecular formula is C19H24ClNO2S2. The number of likely N-dealkylation sites (tertiary alicyclic amines) is 1. The smallest absolute Gasteiger partial charge is 0.307 e. The highest BCUT2D eigenvalue weighted by atomic mass is 35.5. The third kappa shape index (κ3) is 5.17. The third-order valence-corrected chi connectivity index (χ3v) is 6.49. The molecule has 1 fully saturated rings. The standard InChI is InChI=1S/C19H23NO2S2.ClH/c1-14-8-12-24-18(14)16(17-7-4-11-23-17)6-3-10-20-9-2-5-15(13-20)19(21)22;/h4,6-8,11-12,15H,2-3,5,9-10,13H2,1H3,(H,21,22);1H/b16-6+;/t15-;/m0./s1. The maximum Gasteiger partial charge on any atom is 0.307 e. The summed E-state index contributed by atoms with van der Waals surface area (Å²) in [6.07, 6.45) is 5.09. The monoisotopic (exact) mass is 397 g/mol. The highest BCUT2D eigenvalue weighted by Gasteiger charge is 2.24. The average molecular weight is 398 g/mol. The van der Waals surface area contributed by atoms with Gasteiger partial charge in [0.25, 0.3) is 0 Å². The van der Waals surface area contributed by atoms with E-state index >= 15 is 0 Å². The van der Waals surface area contributed by atoms with E-state index < -0.39 is 5.97 Å². The Morgan fingerprint density at radius 2 is 2.20 bits per heavy atom. The Labute approximate surface area is 163 Å². The number of halogens is 1. The molecule has 0 saturated carbocycles. The minimum atomic E-state index is -0.649. The zero-order valence-electron chi connectivity index (χ0n) is 14.3. The van der Waals surface area contributed by atoms with Crippen LogP contribution in [0.4, 0.5) is 0 Å². The number of hydrogen-bond donors (Lipinski definition) is 1. The highest BCUT2D eigenvalue weighted by Crippen LogP contribution is 2.33. The number of carboxylic acid groups (broad SMARTS) is 1. The molecule has 1 atom stereocenters. The van der Waals surface area contributed by atoms with Crippen LogP contribution in [0.1, 0.15) is 34.6 Å². The number of thiophene rings is 2. The fourth-order valence-electron chi connectivity index (χ4n) is 3.24. The minimum Gasteiger partial charge on any atom is -0.481 e. The van der Waals surface area contributed by atoms with Crippen LogP contribution in [-0.4, -0.2) is 35.6 Å². The van der Waals surface area contributed by atoms with Crippen LogP contribution in [0.15, 0.2) is 35.0 Å². The quantitative estimate of drug-likeness (QED) is 0.731. The number of piperidine rings is 1. The number of hydrogen-bond acceptors (Lipinski definition) is 4. The fourth-order valence-corrected chi connectivity index (χ4v) is 5.06. The van der Waals surface area contributed by atoms with Crippen molar-refractivity contribution in [3.8, 4) is 0 Å². The second-order valence-corrected chi connectivity index (χ2v) is 8.16. The lowest BCUT2D eigenvalue weighted by Gasteiger charge is -2.30. The van der Waals surface area contributed by atoms with Crippen molar-refractivity contribution in [1.29, 1.82) is 0 Å². The van der Waals surface area contributed by atoms with Crippen LogP contribution in [0.25, 0.3) is 5.57 Å². The summed E-state index contributed by atoms with van der Waals surface area (Å²) >= 11 is 3.57. The summed E-state index contributed by atoms with van der Waals surface area (Å²) in [6, 6.07) is 6.44. The van der Waals surface area contributed by atoms with Crippen LogP contribution in [0, 0.1) is 12.8 Å². The molecule has 0 aromatic carbocycles. The van der Waals surface area contributed by atoms with E-state index in [0.29, 0.717) is 6.54 Å². The molecule has 3 nitrogen and oxygen atoms in total. The summed E-state index contributed by atoms with van der Waals surface area (Å²) in [5.74, 6) is -0.845. The molecule has 1 aliphatic rings. The summed E-state index contributed by atoms with van der Waals surface area (Å²) in [5, 5.41) is 13.5. The van der Waals surface area contributed by atoms with E-state index in [4.69, 9.17) is 0 Å². The van der Waals surface area contributed by atoms with Gasteiger partial charge in [0.1, 0.15) is 0 Å². The van der Waals surface area contributed by atoms with Crippen molar-refractivity contribution in [2.45, 2.75) is 26.2 Å². The average Bonchev–Trinajstić information content (AvgIpc) is 3.24. The molecule has 136 valence electrons. The van der Waals surface area contributed by atoms with Gasteiger partial charge in [-0.1, -0.05) is 12.1 Å². The number of nitrogens with zero attached hydrogens (tertiary/aromatic N) is 1. The van der Waals surface area contributed by atoms with Crippen LogP contribution in [0.5, 0.6) is 0 Å². The van der Waals surface area contributed by atoms with Crippen molar-refractivity contribution < 1.29 is 9.90 Å². The van der Waals surface area contributed by atoms with Gasteiger partial charge in [-0.3, -0.25) is 4.79 Å². The first-order valence-electron chi connectivity index (χ1n) is 8.39. The van der Waals surface area contributed by atoms with Crippen molar-refractivity contribution in [2.24, 2.45) is 5.92 Å². The van der Waals surface area contributed by atoms with Gasteiger partial charge < -0.3 is 10.0 Å². The molecule has 0 spiro atoms. The van der Waals surface area contributed by atoms with Gasteiger partial charge in [-0.15, -0.1) is 35.1 Å². The van der Waals surface area contributed by atoms with E-state index in [0.717, 1.165) is 32.4 Å². The van der Waals surface area contributed by atoms with Crippen molar-refractivity contribution in [2.75, 3.05) is 19.6 Å². The van der Waals surface area contributed by atoms with E-state index in [9.17, 15) is 9.90 Å². The molecule has 1 saturated heterocycles. The normalized spacial score (nSPS) is 18.8. The van der Waals surface area contributed by atoms with Crippen molar-refractivity contribution >= 4 is 46.6 Å². The molecule has 25 heavy (non-hydrogen) atoms. The number of aliphatic carboxylic acids is 1. The van der Waals surface area contributed by atoms with E-state index in [2.05, 4.69) is 46.9 Å². The summed E-state index contributed by atoms with van der Waals surface area (Å²) in [6.45, 7) is 4.80. The lowest BCUT2D eigenvalue weighted by molar-refractivity contribution is -0.143. The van der Waals surface area contributed by atoms with Gasteiger partial charge in [-0.2, -0.15) is 0 Å². The topological polar surface area (TPSA) is 40.5 Å². The summed E-state index contributed by atoms with van der Waals surface area (Å²) in [5.41, 5.74) is 2.65. The Morgan fingerprint density at radius 1 is 1.36 bits per heavy atom. The predicted octanol–water partition coefficient (Wildman–Crippen LogP) is 5.16. The van der Waals surface area contributed by atoms with Crippen molar-refractivity contribution in [1.82, 2.24) is 4.90 Å². The molecule has 0 amide bonds. The fraction of sp³-hybridized carbons (Fsp3) is 0.421. The van der Waals surface area contributed by atoms with Crippen LogP contribution in [0.2, 0.25) is 0 Å². The molecule has 1 N–H and O–H groups in total. The molecule has 2 aromatic rings. The molecule has 0 unspecified atom stereocenters. The van der Waals surface area contributed by atoms with Crippen LogP contribution < -0.4 is 0 Å². The van der Waals surface area contributed by atoms with Gasteiger partial charge in [0.15, 0.2) is 0 Å². The highest BCUT2D eigenvalue weighted by molar-refractivity contribution is 7.13.